The molecule has 2 rings (SSSR count). The molecule has 0 aliphatic heterocycles. The molecule has 0 spiro atoms. The van der Waals surface area contributed by atoms with Gasteiger partial charge in [-0.3, -0.25) is 0 Å². The van der Waals surface area contributed by atoms with Crippen molar-refractivity contribution >= 4 is 0 Å². The van der Waals surface area contributed by atoms with Crippen molar-refractivity contribution in [3.8, 4) is 0 Å². The van der Waals surface area contributed by atoms with Gasteiger partial charge < -0.3 is 9.84 Å². The molecule has 1 fully saturated rings. The largest absolute Gasteiger partial charge is 0.339 e. The maximum Gasteiger partial charge on any atom is 0.229 e. The summed E-state index contributed by atoms with van der Waals surface area (Å²) in [6.45, 7) is 4.14. The number of hydrogen-bond acceptors (Lipinski definition) is 4. The second-order valence-corrected chi connectivity index (χ2v) is 4.58. The lowest BCUT2D eigenvalue weighted by Gasteiger charge is -2.14. The van der Waals surface area contributed by atoms with E-state index in [1.165, 1.54) is 19.3 Å². The summed E-state index contributed by atoms with van der Waals surface area (Å²) in [7, 11) is 2.01. The molecule has 0 bridgehead atoms. The van der Waals surface area contributed by atoms with Crippen LogP contribution in [0.5, 0.6) is 0 Å². The molecule has 0 aromatic carbocycles. The van der Waals surface area contributed by atoms with Crippen LogP contribution in [0.1, 0.15) is 56.7 Å². The predicted octanol–water partition coefficient (Wildman–Crippen LogP) is 2.05. The van der Waals surface area contributed by atoms with Crippen molar-refractivity contribution in [2.75, 3.05) is 7.05 Å². The predicted molar refractivity (Wildman–Crippen MR) is 57.8 cm³/mol. The van der Waals surface area contributed by atoms with E-state index in [1.54, 1.807) is 0 Å². The fourth-order valence-electron chi connectivity index (χ4n) is 2.25. The van der Waals surface area contributed by atoms with Gasteiger partial charge in [-0.2, -0.15) is 4.98 Å². The van der Waals surface area contributed by atoms with Gasteiger partial charge in [-0.15, -0.1) is 0 Å². The van der Waals surface area contributed by atoms with Crippen molar-refractivity contribution in [3.05, 3.63) is 11.7 Å². The Hall–Kier alpha value is -0.900. The lowest BCUT2D eigenvalue weighted by Crippen LogP contribution is -2.28. The fraction of sp³-hybridized carbons (Fsp3) is 0.818. The van der Waals surface area contributed by atoms with E-state index in [2.05, 4.69) is 29.3 Å². The molecule has 15 heavy (non-hydrogen) atoms. The summed E-state index contributed by atoms with van der Waals surface area (Å²) in [6.07, 6.45) is 3.64. The average molecular weight is 209 g/mol. The van der Waals surface area contributed by atoms with E-state index in [1.807, 2.05) is 7.05 Å². The lowest BCUT2D eigenvalue weighted by molar-refractivity contribution is 0.354. The second kappa shape index (κ2) is 4.31. The first-order valence-electron chi connectivity index (χ1n) is 5.73. The minimum Gasteiger partial charge on any atom is -0.339 e. The normalized spacial score (nSPS) is 26.4. The van der Waals surface area contributed by atoms with Gasteiger partial charge in [0.1, 0.15) is 0 Å². The van der Waals surface area contributed by atoms with Crippen LogP contribution in [-0.4, -0.2) is 23.2 Å². The highest BCUT2D eigenvalue weighted by atomic mass is 16.5. The third-order valence-electron chi connectivity index (χ3n) is 3.17. The zero-order valence-electron chi connectivity index (χ0n) is 9.66. The van der Waals surface area contributed by atoms with Crippen LogP contribution in [-0.2, 0) is 0 Å². The topological polar surface area (TPSA) is 51.0 Å². The lowest BCUT2D eigenvalue weighted by atomic mass is 10.0. The Bertz CT molecular complexity index is 321. The Morgan fingerprint density at radius 2 is 2.20 bits per heavy atom. The van der Waals surface area contributed by atoms with E-state index >= 15 is 0 Å². The van der Waals surface area contributed by atoms with Gasteiger partial charge in [-0.1, -0.05) is 25.4 Å². The van der Waals surface area contributed by atoms with E-state index < -0.39 is 0 Å². The van der Waals surface area contributed by atoms with E-state index in [0.29, 0.717) is 17.9 Å². The highest BCUT2D eigenvalue weighted by Gasteiger charge is 2.31. The number of nitrogens with zero attached hydrogens (tertiary/aromatic N) is 2. The Morgan fingerprint density at radius 3 is 2.80 bits per heavy atom. The first-order chi connectivity index (χ1) is 7.22. The highest BCUT2D eigenvalue weighted by Crippen LogP contribution is 2.33. The molecular formula is C11H19N3O. The maximum absolute atomic E-state index is 5.24. The van der Waals surface area contributed by atoms with Gasteiger partial charge in [-0.25, -0.2) is 0 Å². The number of aromatic nitrogens is 2. The number of nitrogens with one attached hydrogen (secondary N) is 1. The molecule has 4 heteroatoms. The van der Waals surface area contributed by atoms with E-state index in [-0.39, 0.29) is 0 Å². The van der Waals surface area contributed by atoms with Crippen molar-refractivity contribution in [2.45, 2.75) is 51.0 Å². The summed E-state index contributed by atoms with van der Waals surface area (Å²) in [5.74, 6) is 2.40. The average Bonchev–Trinajstić information content (AvgIpc) is 2.85. The van der Waals surface area contributed by atoms with Gasteiger partial charge >= 0.3 is 0 Å². The molecule has 1 aliphatic rings. The van der Waals surface area contributed by atoms with Gasteiger partial charge in [0.15, 0.2) is 5.82 Å². The molecule has 1 aliphatic carbocycles. The highest BCUT2D eigenvalue weighted by molar-refractivity contribution is 5.05. The van der Waals surface area contributed by atoms with Gasteiger partial charge in [-0.05, 0) is 19.9 Å². The van der Waals surface area contributed by atoms with Crippen LogP contribution in [0.25, 0.3) is 0 Å². The Labute approximate surface area is 90.4 Å². The van der Waals surface area contributed by atoms with Crippen molar-refractivity contribution in [1.82, 2.24) is 15.5 Å². The summed E-state index contributed by atoms with van der Waals surface area (Å²) < 4.78 is 5.24. The molecule has 1 aromatic rings. The van der Waals surface area contributed by atoms with Gasteiger partial charge in [0.05, 0.1) is 0 Å². The molecule has 84 valence electrons. The standard InChI is InChI=1S/C11H19N3O/c1-7(2)11-13-10(14-15-11)8-5-4-6-9(8)12-3/h7-9,12H,4-6H2,1-3H3/t8-,9-/m1/s1. The smallest absolute Gasteiger partial charge is 0.229 e. The van der Waals surface area contributed by atoms with Crippen molar-refractivity contribution in [1.29, 1.82) is 0 Å². The maximum atomic E-state index is 5.24. The van der Waals surface area contributed by atoms with Gasteiger partial charge in [0, 0.05) is 17.9 Å². The zero-order valence-corrected chi connectivity index (χ0v) is 9.66. The summed E-state index contributed by atoms with van der Waals surface area (Å²) in [5, 5.41) is 7.42. The van der Waals surface area contributed by atoms with Gasteiger partial charge in [0.2, 0.25) is 5.89 Å². The molecule has 4 nitrogen and oxygen atoms in total. The van der Waals surface area contributed by atoms with Crippen LogP contribution in [0.2, 0.25) is 0 Å². The van der Waals surface area contributed by atoms with Crippen LogP contribution >= 0.6 is 0 Å². The summed E-state index contributed by atoms with van der Waals surface area (Å²) >= 11 is 0. The van der Waals surface area contributed by atoms with E-state index in [0.717, 1.165) is 11.7 Å². The summed E-state index contributed by atoms with van der Waals surface area (Å²) in [4.78, 5) is 4.47. The molecule has 0 amide bonds. The Balaban J connectivity index is 2.14. The summed E-state index contributed by atoms with van der Waals surface area (Å²) in [6, 6.07) is 0.516. The second-order valence-electron chi connectivity index (χ2n) is 4.58. The molecule has 2 atom stereocenters. The molecule has 1 N–H and O–H groups in total. The minimum absolute atomic E-state index is 0.320. The van der Waals surface area contributed by atoms with E-state index in [9.17, 15) is 0 Å². The third kappa shape index (κ3) is 2.04. The van der Waals surface area contributed by atoms with Crippen LogP contribution < -0.4 is 5.32 Å². The zero-order chi connectivity index (χ0) is 10.8. The Kier molecular flexibility index (Phi) is 3.05. The molecule has 0 radical (unpaired) electrons. The van der Waals surface area contributed by atoms with Crippen LogP contribution in [0.3, 0.4) is 0 Å². The number of hydrogen-bond donors (Lipinski definition) is 1. The SMILES string of the molecule is CN[C@@H]1CCC[C@H]1c1noc(C(C)C)n1. The monoisotopic (exact) mass is 209 g/mol. The van der Waals surface area contributed by atoms with Crippen LogP contribution in [0.4, 0.5) is 0 Å². The quantitative estimate of drug-likeness (QED) is 0.827. The fourth-order valence-corrected chi connectivity index (χ4v) is 2.25. The molecule has 0 saturated heterocycles. The first-order valence-corrected chi connectivity index (χ1v) is 5.73. The first kappa shape index (κ1) is 10.6. The van der Waals surface area contributed by atoms with Crippen LogP contribution in [0.15, 0.2) is 4.52 Å². The van der Waals surface area contributed by atoms with Crippen molar-refractivity contribution < 1.29 is 4.52 Å². The van der Waals surface area contributed by atoms with Crippen LogP contribution in [0, 0.1) is 0 Å². The molecule has 1 heterocycles. The summed E-state index contributed by atoms with van der Waals surface area (Å²) in [5.41, 5.74) is 0. The van der Waals surface area contributed by atoms with Gasteiger partial charge in [0.25, 0.3) is 0 Å². The molecular weight excluding hydrogens is 190 g/mol. The molecule has 1 aromatic heterocycles. The third-order valence-corrected chi connectivity index (χ3v) is 3.17. The number of likely N-dealkylation sites (N-methyl/N-ethyl adjacent to an activating group) is 1. The molecule has 1 saturated carbocycles. The van der Waals surface area contributed by atoms with E-state index in [4.69, 9.17) is 4.52 Å². The Morgan fingerprint density at radius 1 is 1.40 bits per heavy atom. The molecule has 0 unspecified atom stereocenters. The number of rotatable bonds is 3. The minimum atomic E-state index is 0.320. The van der Waals surface area contributed by atoms with Crippen molar-refractivity contribution in [2.24, 2.45) is 0 Å². The van der Waals surface area contributed by atoms with Crippen molar-refractivity contribution in [3.63, 3.8) is 0 Å².